The zero-order valence-electron chi connectivity index (χ0n) is 16.6. The van der Waals surface area contributed by atoms with E-state index < -0.39 is 6.10 Å². The Kier molecular flexibility index (Phi) is 10.8. The van der Waals surface area contributed by atoms with Crippen molar-refractivity contribution in [2.45, 2.75) is 80.3 Å². The van der Waals surface area contributed by atoms with Crippen LogP contribution in [0.25, 0.3) is 0 Å². The Labute approximate surface area is 144 Å². The number of ether oxygens (including phenoxy) is 1. The number of aliphatic hydroxyl groups excluding tert-OH is 1. The molecular formula is C20H41NO2. The fraction of sp³-hybridized carbons (Fsp3) is 0.900. The first-order chi connectivity index (χ1) is 10.6. The summed E-state index contributed by atoms with van der Waals surface area (Å²) in [7, 11) is 0. The highest BCUT2D eigenvalue weighted by Gasteiger charge is 2.36. The Morgan fingerprint density at radius 1 is 1.17 bits per heavy atom. The molecule has 0 saturated carbocycles. The minimum absolute atomic E-state index is 0.323. The summed E-state index contributed by atoms with van der Waals surface area (Å²) in [5.41, 5.74) is 0.665. The van der Waals surface area contributed by atoms with Crippen molar-refractivity contribution in [3.05, 3.63) is 12.3 Å². The van der Waals surface area contributed by atoms with Gasteiger partial charge in [-0.25, -0.2) is 0 Å². The highest BCUT2D eigenvalue weighted by molar-refractivity contribution is 4.86. The van der Waals surface area contributed by atoms with Crippen LogP contribution in [0.3, 0.4) is 0 Å². The number of nitrogens with one attached hydrogen (secondary N) is 1. The van der Waals surface area contributed by atoms with Crippen LogP contribution in [0.5, 0.6) is 0 Å². The van der Waals surface area contributed by atoms with Crippen LogP contribution in [0.1, 0.15) is 74.1 Å². The van der Waals surface area contributed by atoms with Gasteiger partial charge in [-0.2, -0.15) is 0 Å². The molecule has 2 N–H and O–H groups in total. The minimum Gasteiger partial charge on any atom is -0.389 e. The normalized spacial score (nSPS) is 15.8. The van der Waals surface area contributed by atoms with Crippen molar-refractivity contribution in [1.82, 2.24) is 5.32 Å². The number of hydrogen-bond donors (Lipinski definition) is 2. The summed E-state index contributed by atoms with van der Waals surface area (Å²) >= 11 is 0. The standard InChI is InChI=1S/C20H41NO2/c1-8-11-18(19(3,4)5)20(6,7)12-10-14-23-16-17(22)15-21-13-9-2/h9,13,17-18,21-22H,8,10-12,14-16H2,1-7H3. The van der Waals surface area contributed by atoms with Crippen LogP contribution in [0.2, 0.25) is 0 Å². The monoisotopic (exact) mass is 327 g/mol. The van der Waals surface area contributed by atoms with Crippen molar-refractivity contribution in [3.8, 4) is 0 Å². The van der Waals surface area contributed by atoms with Crippen molar-refractivity contribution in [2.75, 3.05) is 19.8 Å². The van der Waals surface area contributed by atoms with Crippen LogP contribution in [0.4, 0.5) is 0 Å². The first kappa shape index (κ1) is 22.5. The molecule has 0 aromatic heterocycles. The molecular weight excluding hydrogens is 286 g/mol. The van der Waals surface area contributed by atoms with Gasteiger partial charge in [-0.3, -0.25) is 0 Å². The predicted octanol–water partition coefficient (Wildman–Crippen LogP) is 4.76. The molecule has 23 heavy (non-hydrogen) atoms. The van der Waals surface area contributed by atoms with Crippen molar-refractivity contribution in [2.24, 2.45) is 16.7 Å². The van der Waals surface area contributed by atoms with Gasteiger partial charge in [-0.1, -0.05) is 54.0 Å². The molecule has 0 rings (SSSR count). The van der Waals surface area contributed by atoms with E-state index in [-0.39, 0.29) is 0 Å². The lowest BCUT2D eigenvalue weighted by molar-refractivity contribution is 0.0234. The van der Waals surface area contributed by atoms with E-state index in [4.69, 9.17) is 4.74 Å². The first-order valence-corrected chi connectivity index (χ1v) is 9.25. The van der Waals surface area contributed by atoms with E-state index in [2.05, 4.69) is 46.9 Å². The smallest absolute Gasteiger partial charge is 0.0945 e. The van der Waals surface area contributed by atoms with E-state index in [9.17, 15) is 5.11 Å². The summed E-state index contributed by atoms with van der Waals surface area (Å²) in [4.78, 5) is 0. The van der Waals surface area contributed by atoms with E-state index in [1.807, 2.05) is 19.2 Å². The molecule has 2 atom stereocenters. The van der Waals surface area contributed by atoms with E-state index in [0.29, 0.717) is 24.0 Å². The lowest BCUT2D eigenvalue weighted by atomic mass is 9.62. The maximum absolute atomic E-state index is 9.78. The highest BCUT2D eigenvalue weighted by atomic mass is 16.5. The van der Waals surface area contributed by atoms with Gasteiger partial charge in [-0.05, 0) is 49.1 Å². The van der Waals surface area contributed by atoms with Crippen LogP contribution in [-0.4, -0.2) is 31.0 Å². The lowest BCUT2D eigenvalue weighted by Crippen LogP contribution is -2.35. The first-order valence-electron chi connectivity index (χ1n) is 9.25. The van der Waals surface area contributed by atoms with E-state index in [0.717, 1.165) is 18.9 Å². The van der Waals surface area contributed by atoms with Crippen LogP contribution in [0.15, 0.2) is 12.3 Å². The number of rotatable bonds is 12. The minimum atomic E-state index is -0.443. The molecule has 0 saturated heterocycles. The maximum Gasteiger partial charge on any atom is 0.0945 e. The van der Waals surface area contributed by atoms with Crippen molar-refractivity contribution < 1.29 is 9.84 Å². The van der Waals surface area contributed by atoms with Gasteiger partial charge in [0.15, 0.2) is 0 Å². The zero-order chi connectivity index (χ0) is 17.9. The molecule has 0 spiro atoms. The van der Waals surface area contributed by atoms with Gasteiger partial charge in [0.05, 0.1) is 12.7 Å². The summed E-state index contributed by atoms with van der Waals surface area (Å²) in [6.07, 6.45) is 8.06. The van der Waals surface area contributed by atoms with Gasteiger partial charge in [0.25, 0.3) is 0 Å². The number of aliphatic hydroxyl groups is 1. The van der Waals surface area contributed by atoms with E-state index in [1.54, 1.807) is 0 Å². The van der Waals surface area contributed by atoms with Crippen LogP contribution >= 0.6 is 0 Å². The Bertz CT molecular complexity index is 318. The third-order valence-electron chi connectivity index (χ3n) is 4.62. The molecule has 0 heterocycles. The summed E-state index contributed by atoms with van der Waals surface area (Å²) in [6, 6.07) is 0. The second-order valence-electron chi connectivity index (χ2n) is 8.44. The number of allylic oxidation sites excluding steroid dienone is 1. The summed E-state index contributed by atoms with van der Waals surface area (Å²) in [5, 5.41) is 12.8. The predicted molar refractivity (Wildman–Crippen MR) is 101 cm³/mol. The van der Waals surface area contributed by atoms with Crippen molar-refractivity contribution >= 4 is 0 Å². The molecule has 0 radical (unpaired) electrons. The second-order valence-corrected chi connectivity index (χ2v) is 8.44. The Balaban J connectivity index is 4.09. The van der Waals surface area contributed by atoms with Gasteiger partial charge in [-0.15, -0.1) is 0 Å². The Morgan fingerprint density at radius 2 is 1.83 bits per heavy atom. The van der Waals surface area contributed by atoms with Crippen LogP contribution in [0, 0.1) is 16.7 Å². The second kappa shape index (κ2) is 11.1. The molecule has 0 amide bonds. The molecule has 0 aliphatic rings. The molecule has 0 aromatic rings. The fourth-order valence-electron chi connectivity index (χ4n) is 3.69. The largest absolute Gasteiger partial charge is 0.389 e. The molecule has 2 unspecified atom stereocenters. The molecule has 3 nitrogen and oxygen atoms in total. The zero-order valence-corrected chi connectivity index (χ0v) is 16.6. The van der Waals surface area contributed by atoms with Gasteiger partial charge in [0.1, 0.15) is 0 Å². The van der Waals surface area contributed by atoms with Crippen LogP contribution in [-0.2, 0) is 4.74 Å². The number of hydrogen-bond acceptors (Lipinski definition) is 3. The molecule has 0 fully saturated rings. The van der Waals surface area contributed by atoms with Crippen LogP contribution < -0.4 is 5.32 Å². The van der Waals surface area contributed by atoms with Gasteiger partial charge in [0, 0.05) is 13.2 Å². The van der Waals surface area contributed by atoms with Gasteiger partial charge in [0.2, 0.25) is 0 Å². The molecule has 0 aliphatic heterocycles. The Morgan fingerprint density at radius 3 is 2.35 bits per heavy atom. The lowest BCUT2D eigenvalue weighted by Gasteiger charge is -2.43. The summed E-state index contributed by atoms with van der Waals surface area (Å²) in [6.45, 7) is 17.8. The topological polar surface area (TPSA) is 41.5 Å². The van der Waals surface area contributed by atoms with Gasteiger partial charge >= 0.3 is 0 Å². The average Bonchev–Trinajstić information content (AvgIpc) is 2.43. The average molecular weight is 328 g/mol. The van der Waals surface area contributed by atoms with E-state index in [1.165, 1.54) is 19.3 Å². The third kappa shape index (κ3) is 10.0. The molecule has 3 heteroatoms. The molecule has 0 aromatic carbocycles. The van der Waals surface area contributed by atoms with Crippen molar-refractivity contribution in [3.63, 3.8) is 0 Å². The summed E-state index contributed by atoms with van der Waals surface area (Å²) < 4.78 is 5.63. The van der Waals surface area contributed by atoms with Crippen molar-refractivity contribution in [1.29, 1.82) is 0 Å². The Hall–Kier alpha value is -0.540. The third-order valence-corrected chi connectivity index (χ3v) is 4.62. The van der Waals surface area contributed by atoms with Gasteiger partial charge < -0.3 is 15.2 Å². The molecule has 0 bridgehead atoms. The SMILES string of the molecule is CC=CNCC(O)COCCCC(C)(C)C(CCC)C(C)(C)C. The molecule has 138 valence electrons. The molecule has 0 aliphatic carbocycles. The fourth-order valence-corrected chi connectivity index (χ4v) is 3.69. The summed E-state index contributed by atoms with van der Waals surface area (Å²) in [5.74, 6) is 0.718. The quantitative estimate of drug-likeness (QED) is 0.508. The maximum atomic E-state index is 9.78. The van der Waals surface area contributed by atoms with E-state index >= 15 is 0 Å². The highest BCUT2D eigenvalue weighted by Crippen LogP contribution is 2.45.